The van der Waals surface area contributed by atoms with E-state index < -0.39 is 8.32 Å². The molecule has 0 fully saturated rings. The molecule has 3 heteroatoms. The van der Waals surface area contributed by atoms with Crippen molar-refractivity contribution < 1.29 is 9.16 Å². The molecule has 0 aromatic heterocycles. The second-order valence-electron chi connectivity index (χ2n) is 12.1. The van der Waals surface area contributed by atoms with Gasteiger partial charge in [0.25, 0.3) is 0 Å². The molecule has 0 aliphatic heterocycles. The van der Waals surface area contributed by atoms with Crippen LogP contribution in [0.4, 0.5) is 0 Å². The van der Waals surface area contributed by atoms with Gasteiger partial charge in [0.2, 0.25) is 0 Å². The Morgan fingerprint density at radius 2 is 1.20 bits per heavy atom. The van der Waals surface area contributed by atoms with Crippen molar-refractivity contribution in [3.05, 3.63) is 58.2 Å². The Labute approximate surface area is 220 Å². The van der Waals surface area contributed by atoms with E-state index in [1.165, 1.54) is 27.9 Å². The largest absolute Gasteiger partial charge is 0.413 e. The van der Waals surface area contributed by atoms with Crippen LogP contribution in [0, 0.1) is 0 Å². The van der Waals surface area contributed by atoms with Gasteiger partial charge in [-0.05, 0) is 105 Å². The summed E-state index contributed by atoms with van der Waals surface area (Å²) < 4.78 is 12.1. The van der Waals surface area contributed by atoms with Gasteiger partial charge in [-0.2, -0.15) is 0 Å². The molecule has 0 saturated heterocycles. The van der Waals surface area contributed by atoms with Gasteiger partial charge in [-0.3, -0.25) is 0 Å². The van der Waals surface area contributed by atoms with Gasteiger partial charge in [0.1, 0.15) is 0 Å². The Hall–Kier alpha value is -1.16. The Bertz CT molecular complexity index is 753. The van der Waals surface area contributed by atoms with Gasteiger partial charge in [-0.15, -0.1) is 0 Å². The Kier molecular flexibility index (Phi) is 16.7. The number of allylic oxidation sites excluding steroid dienone is 7. The third-order valence-electron chi connectivity index (χ3n) is 7.13. The van der Waals surface area contributed by atoms with Crippen LogP contribution in [-0.4, -0.2) is 28.1 Å². The molecule has 0 aliphatic rings. The van der Waals surface area contributed by atoms with Crippen molar-refractivity contribution in [2.45, 2.75) is 131 Å². The average Bonchev–Trinajstić information content (AvgIpc) is 2.72. The Morgan fingerprint density at radius 1 is 0.714 bits per heavy atom. The molecule has 1 unspecified atom stereocenters. The van der Waals surface area contributed by atoms with Crippen molar-refractivity contribution in [1.82, 2.24) is 0 Å². The lowest BCUT2D eigenvalue weighted by Crippen LogP contribution is -2.40. The zero-order chi connectivity index (χ0) is 27.1. The fourth-order valence-corrected chi connectivity index (χ4v) is 4.44. The zero-order valence-corrected chi connectivity index (χ0v) is 26.4. The molecule has 35 heavy (non-hydrogen) atoms. The molecule has 0 aromatic rings. The van der Waals surface area contributed by atoms with E-state index in [1.807, 2.05) is 7.11 Å². The van der Waals surface area contributed by atoms with Crippen molar-refractivity contribution in [3.63, 3.8) is 0 Å². The van der Waals surface area contributed by atoms with Gasteiger partial charge in [-0.1, -0.05) is 79.0 Å². The van der Waals surface area contributed by atoms with Crippen LogP contribution in [0.2, 0.25) is 18.1 Å². The minimum absolute atomic E-state index is 0.156. The summed E-state index contributed by atoms with van der Waals surface area (Å²) in [5.41, 5.74) is 7.13. The second kappa shape index (κ2) is 17.3. The summed E-state index contributed by atoms with van der Waals surface area (Å²) in [7, 11) is 0.162. The van der Waals surface area contributed by atoms with Gasteiger partial charge >= 0.3 is 0 Å². The summed E-state index contributed by atoms with van der Waals surface area (Å²) in [5.74, 6) is 0. The number of ether oxygens (including phenoxy) is 1. The second-order valence-corrected chi connectivity index (χ2v) is 16.9. The highest BCUT2D eigenvalue weighted by Gasteiger charge is 2.36. The monoisotopic (exact) mass is 502 g/mol. The van der Waals surface area contributed by atoms with Crippen LogP contribution >= 0.6 is 0 Å². The van der Waals surface area contributed by atoms with Crippen LogP contribution < -0.4 is 0 Å². The Balaban J connectivity index is 4.54. The van der Waals surface area contributed by atoms with Crippen LogP contribution in [0.1, 0.15) is 107 Å². The number of hydrogen-bond donors (Lipinski definition) is 0. The molecule has 0 spiro atoms. The van der Waals surface area contributed by atoms with Crippen LogP contribution in [-0.2, 0) is 9.16 Å². The summed E-state index contributed by atoms with van der Waals surface area (Å²) in [6, 6.07) is 0. The van der Waals surface area contributed by atoms with Crippen molar-refractivity contribution in [3.8, 4) is 0 Å². The quantitative estimate of drug-likeness (QED) is 0.154. The van der Waals surface area contributed by atoms with Crippen molar-refractivity contribution in [2.24, 2.45) is 0 Å². The molecule has 0 rings (SSSR count). The maximum absolute atomic E-state index is 6.28. The first-order valence-corrected chi connectivity index (χ1v) is 16.5. The molecule has 1 atom stereocenters. The minimum Gasteiger partial charge on any atom is -0.413 e. The molecule has 0 saturated carbocycles. The van der Waals surface area contributed by atoms with Crippen molar-refractivity contribution >= 4 is 8.32 Å². The molecule has 0 aliphatic carbocycles. The minimum atomic E-state index is -1.66. The number of hydrogen-bond acceptors (Lipinski definition) is 2. The van der Waals surface area contributed by atoms with Gasteiger partial charge in [0, 0.05) is 7.11 Å². The van der Waals surface area contributed by atoms with E-state index in [0.29, 0.717) is 0 Å². The van der Waals surface area contributed by atoms with Crippen LogP contribution in [0.15, 0.2) is 58.2 Å². The van der Waals surface area contributed by atoms with Gasteiger partial charge in [0.05, 0.1) is 12.7 Å². The lowest BCUT2D eigenvalue weighted by Gasteiger charge is -2.35. The van der Waals surface area contributed by atoms with E-state index in [9.17, 15) is 0 Å². The number of methoxy groups -OCH3 is 1. The normalized spacial score (nSPS) is 15.4. The zero-order valence-electron chi connectivity index (χ0n) is 25.4. The van der Waals surface area contributed by atoms with Gasteiger partial charge in [-0.25, -0.2) is 0 Å². The SMILES string of the molecule is COC(/C=C(\C)CC/C=C(\C)CCC=C(C)C)C/C(C)=C/CC/C(C)=C/CO[Si](C)(C)C(C)(C)C. The fourth-order valence-electron chi connectivity index (χ4n) is 3.51. The highest BCUT2D eigenvalue weighted by molar-refractivity contribution is 6.74. The van der Waals surface area contributed by atoms with E-state index in [1.54, 1.807) is 0 Å². The molecule has 0 aromatic carbocycles. The van der Waals surface area contributed by atoms with E-state index in [4.69, 9.17) is 9.16 Å². The predicted octanol–water partition coefficient (Wildman–Crippen LogP) is 10.5. The molecule has 202 valence electrons. The third kappa shape index (κ3) is 17.0. The first kappa shape index (κ1) is 33.8. The topological polar surface area (TPSA) is 18.5 Å². The van der Waals surface area contributed by atoms with Crippen LogP contribution in [0.25, 0.3) is 0 Å². The highest BCUT2D eigenvalue weighted by Crippen LogP contribution is 2.36. The first-order chi connectivity index (χ1) is 16.2. The van der Waals surface area contributed by atoms with Crippen molar-refractivity contribution in [2.75, 3.05) is 13.7 Å². The summed E-state index contributed by atoms with van der Waals surface area (Å²) in [6.07, 6.45) is 19.5. The first-order valence-electron chi connectivity index (χ1n) is 13.6. The van der Waals surface area contributed by atoms with E-state index in [2.05, 4.69) is 106 Å². The molecule has 0 radical (unpaired) electrons. The molecule has 0 N–H and O–H groups in total. The van der Waals surface area contributed by atoms with E-state index in [0.717, 1.165) is 51.6 Å². The molecular formula is C32H58O2Si. The van der Waals surface area contributed by atoms with Crippen molar-refractivity contribution in [1.29, 1.82) is 0 Å². The average molecular weight is 503 g/mol. The summed E-state index contributed by atoms with van der Waals surface area (Å²) in [5, 5.41) is 0.264. The third-order valence-corrected chi connectivity index (χ3v) is 11.6. The number of rotatable bonds is 16. The Morgan fingerprint density at radius 3 is 1.71 bits per heavy atom. The summed E-state index contributed by atoms with van der Waals surface area (Å²) in [4.78, 5) is 0. The fraction of sp³-hybridized carbons (Fsp3) is 0.688. The predicted molar refractivity (Wildman–Crippen MR) is 161 cm³/mol. The van der Waals surface area contributed by atoms with Crippen LogP contribution in [0.5, 0.6) is 0 Å². The van der Waals surface area contributed by atoms with Gasteiger partial charge < -0.3 is 9.16 Å². The maximum Gasteiger partial charge on any atom is 0.192 e. The smallest absolute Gasteiger partial charge is 0.192 e. The molecule has 0 heterocycles. The lowest BCUT2D eigenvalue weighted by atomic mass is 10.0. The summed E-state index contributed by atoms with van der Waals surface area (Å²) in [6.45, 7) is 25.5. The van der Waals surface area contributed by atoms with E-state index >= 15 is 0 Å². The summed E-state index contributed by atoms with van der Waals surface area (Å²) >= 11 is 0. The van der Waals surface area contributed by atoms with E-state index in [-0.39, 0.29) is 11.1 Å². The van der Waals surface area contributed by atoms with Gasteiger partial charge in [0.15, 0.2) is 8.32 Å². The molecule has 0 bridgehead atoms. The maximum atomic E-state index is 6.28. The molecule has 2 nitrogen and oxygen atoms in total. The lowest BCUT2D eigenvalue weighted by molar-refractivity contribution is 0.140. The van der Waals surface area contributed by atoms with Crippen LogP contribution in [0.3, 0.4) is 0 Å². The highest BCUT2D eigenvalue weighted by atomic mass is 28.4. The molecule has 0 amide bonds. The molecular weight excluding hydrogens is 444 g/mol. The standard InChI is InChI=1S/C32H58O2Si/c1-26(2)16-13-17-27(3)18-14-20-29(5)24-31(33-10)25-30(6)21-15-19-28(4)22-23-34-35(11,12)32(7,8)9/h16,18,21-22,24,31H,13-15,17,19-20,23,25H2,1-12H3/b27-18+,28-22+,29-24+,30-21+.